The third-order valence-electron chi connectivity index (χ3n) is 3.90. The molecule has 3 aromatic rings. The van der Waals surface area contributed by atoms with Crippen LogP contribution in [0.25, 0.3) is 5.69 Å². The molecule has 1 heterocycles. The number of hydrogen-bond donors (Lipinski definition) is 0. The van der Waals surface area contributed by atoms with Crippen molar-refractivity contribution in [2.45, 2.75) is 32.1 Å². The first-order valence-electron chi connectivity index (χ1n) is 8.07. The van der Waals surface area contributed by atoms with E-state index in [9.17, 15) is 8.42 Å². The standard InChI is InChI=1S/C19H20N2O3S/c1-4-16-13-19(24-25(22,23)17-8-6-5-7-9-17)21(20-16)18-11-10-14(2)12-15(18)3/h5-13H,4H2,1-3H3. The summed E-state index contributed by atoms with van der Waals surface area (Å²) in [5.41, 5.74) is 3.68. The highest BCUT2D eigenvalue weighted by Gasteiger charge is 2.21. The van der Waals surface area contributed by atoms with Crippen molar-refractivity contribution in [2.75, 3.05) is 0 Å². The molecule has 0 aliphatic heterocycles. The predicted octanol–water partition coefficient (Wildman–Crippen LogP) is 3.82. The van der Waals surface area contributed by atoms with Crippen LogP contribution in [0.2, 0.25) is 0 Å². The van der Waals surface area contributed by atoms with Crippen molar-refractivity contribution in [3.63, 3.8) is 0 Å². The Morgan fingerprint density at radius 3 is 2.40 bits per heavy atom. The first kappa shape index (κ1) is 17.2. The molecule has 2 aromatic carbocycles. The molecule has 0 aliphatic rings. The van der Waals surface area contributed by atoms with Crippen LogP contribution < -0.4 is 4.18 Å². The van der Waals surface area contributed by atoms with Gasteiger partial charge in [-0.25, -0.2) is 0 Å². The highest BCUT2D eigenvalue weighted by atomic mass is 32.2. The third kappa shape index (κ3) is 3.58. The second-order valence-corrected chi connectivity index (χ2v) is 7.43. The second-order valence-electron chi connectivity index (χ2n) is 5.88. The molecule has 0 N–H and O–H groups in total. The van der Waals surface area contributed by atoms with Crippen molar-refractivity contribution >= 4 is 10.1 Å². The molecule has 25 heavy (non-hydrogen) atoms. The third-order valence-corrected chi connectivity index (χ3v) is 5.14. The Bertz CT molecular complexity index is 993. The molecule has 0 fully saturated rings. The molecule has 0 radical (unpaired) electrons. The molecule has 1 aromatic heterocycles. The summed E-state index contributed by atoms with van der Waals surface area (Å²) in [6.07, 6.45) is 0.680. The lowest BCUT2D eigenvalue weighted by Gasteiger charge is -2.12. The fourth-order valence-corrected chi connectivity index (χ4v) is 3.54. The van der Waals surface area contributed by atoms with Crippen LogP contribution in [0.4, 0.5) is 0 Å². The average Bonchev–Trinajstić information content (AvgIpc) is 2.98. The number of benzene rings is 2. The first-order chi connectivity index (χ1) is 11.9. The fourth-order valence-electron chi connectivity index (χ4n) is 2.61. The average molecular weight is 356 g/mol. The minimum atomic E-state index is -3.92. The number of aromatic nitrogens is 2. The van der Waals surface area contributed by atoms with E-state index in [1.54, 1.807) is 28.9 Å². The monoisotopic (exact) mass is 356 g/mol. The van der Waals surface area contributed by atoms with E-state index in [-0.39, 0.29) is 10.8 Å². The van der Waals surface area contributed by atoms with Gasteiger partial charge < -0.3 is 4.18 Å². The Morgan fingerprint density at radius 1 is 1.04 bits per heavy atom. The van der Waals surface area contributed by atoms with Crippen molar-refractivity contribution in [1.82, 2.24) is 9.78 Å². The van der Waals surface area contributed by atoms with Crippen molar-refractivity contribution in [3.05, 3.63) is 71.4 Å². The van der Waals surface area contributed by atoms with Gasteiger partial charge in [-0.2, -0.15) is 18.2 Å². The zero-order chi connectivity index (χ0) is 18.0. The van der Waals surface area contributed by atoms with Gasteiger partial charge in [0.15, 0.2) is 0 Å². The van der Waals surface area contributed by atoms with Crippen molar-refractivity contribution in [3.8, 4) is 11.6 Å². The van der Waals surface area contributed by atoms with Gasteiger partial charge in [0.05, 0.1) is 11.4 Å². The number of rotatable bonds is 5. The van der Waals surface area contributed by atoms with E-state index < -0.39 is 10.1 Å². The molecule has 130 valence electrons. The van der Waals surface area contributed by atoms with Crippen molar-refractivity contribution in [2.24, 2.45) is 0 Å². The predicted molar refractivity (Wildman–Crippen MR) is 96.7 cm³/mol. The number of hydrogen-bond acceptors (Lipinski definition) is 4. The summed E-state index contributed by atoms with van der Waals surface area (Å²) in [6, 6.07) is 15.7. The Labute approximate surface area is 148 Å². The van der Waals surface area contributed by atoms with E-state index in [0.717, 1.165) is 22.5 Å². The lowest BCUT2D eigenvalue weighted by Crippen LogP contribution is -2.13. The van der Waals surface area contributed by atoms with Crippen molar-refractivity contribution < 1.29 is 12.6 Å². The quantitative estimate of drug-likeness (QED) is 0.652. The van der Waals surface area contributed by atoms with Gasteiger partial charge in [0.25, 0.3) is 0 Å². The molecule has 0 bridgehead atoms. The number of aryl methyl sites for hydroxylation is 3. The molecule has 0 saturated carbocycles. The van der Waals surface area contributed by atoms with E-state index in [2.05, 4.69) is 5.10 Å². The Hall–Kier alpha value is -2.60. The van der Waals surface area contributed by atoms with E-state index in [4.69, 9.17) is 4.18 Å². The molecular formula is C19H20N2O3S. The Kier molecular flexibility index (Phi) is 4.63. The molecule has 0 amide bonds. The van der Waals surface area contributed by atoms with Gasteiger partial charge in [0.2, 0.25) is 5.88 Å². The SMILES string of the molecule is CCc1cc(OS(=O)(=O)c2ccccc2)n(-c2ccc(C)cc2C)n1. The zero-order valence-corrected chi connectivity index (χ0v) is 15.2. The summed E-state index contributed by atoms with van der Waals surface area (Å²) in [4.78, 5) is 0.112. The molecule has 5 nitrogen and oxygen atoms in total. The van der Waals surface area contributed by atoms with E-state index in [1.807, 2.05) is 39.0 Å². The normalized spacial score (nSPS) is 11.5. The second kappa shape index (κ2) is 6.72. The van der Waals surface area contributed by atoms with E-state index in [0.29, 0.717) is 6.42 Å². The lowest BCUT2D eigenvalue weighted by atomic mass is 10.1. The van der Waals surface area contributed by atoms with Crippen LogP contribution in [0, 0.1) is 13.8 Å². The summed E-state index contributed by atoms with van der Waals surface area (Å²) in [6.45, 7) is 5.93. The summed E-state index contributed by atoms with van der Waals surface area (Å²) in [5.74, 6) is 0.188. The minimum absolute atomic E-state index is 0.112. The molecule has 0 spiro atoms. The Balaban J connectivity index is 2.06. The van der Waals surface area contributed by atoms with Gasteiger partial charge in [0.1, 0.15) is 4.90 Å². The van der Waals surface area contributed by atoms with Gasteiger partial charge in [-0.15, -0.1) is 0 Å². The molecule has 0 aliphatic carbocycles. The van der Waals surface area contributed by atoms with Gasteiger partial charge in [-0.1, -0.05) is 42.8 Å². The molecule has 0 atom stereocenters. The van der Waals surface area contributed by atoms with Gasteiger partial charge >= 0.3 is 10.1 Å². The van der Waals surface area contributed by atoms with Gasteiger partial charge in [-0.05, 0) is 44.0 Å². The van der Waals surface area contributed by atoms with Crippen LogP contribution in [0.5, 0.6) is 5.88 Å². The van der Waals surface area contributed by atoms with Gasteiger partial charge in [0, 0.05) is 6.07 Å². The molecule has 3 rings (SSSR count). The van der Waals surface area contributed by atoms with E-state index >= 15 is 0 Å². The van der Waals surface area contributed by atoms with Crippen LogP contribution in [0.3, 0.4) is 0 Å². The zero-order valence-electron chi connectivity index (χ0n) is 14.4. The minimum Gasteiger partial charge on any atom is -0.358 e. The summed E-state index contributed by atoms with van der Waals surface area (Å²) >= 11 is 0. The van der Waals surface area contributed by atoms with Crippen LogP contribution in [0.15, 0.2) is 59.5 Å². The topological polar surface area (TPSA) is 61.2 Å². The maximum atomic E-state index is 12.6. The van der Waals surface area contributed by atoms with Crippen LogP contribution in [-0.4, -0.2) is 18.2 Å². The summed E-state index contributed by atoms with van der Waals surface area (Å²) in [5, 5.41) is 4.49. The first-order valence-corrected chi connectivity index (χ1v) is 9.47. The summed E-state index contributed by atoms with van der Waals surface area (Å²) in [7, 11) is -3.92. The largest absolute Gasteiger partial charge is 0.358 e. The van der Waals surface area contributed by atoms with E-state index in [1.165, 1.54) is 12.1 Å². The van der Waals surface area contributed by atoms with Crippen LogP contribution in [-0.2, 0) is 16.5 Å². The highest BCUT2D eigenvalue weighted by Crippen LogP contribution is 2.26. The fraction of sp³-hybridized carbons (Fsp3) is 0.211. The highest BCUT2D eigenvalue weighted by molar-refractivity contribution is 7.87. The molecule has 0 saturated heterocycles. The molecular weight excluding hydrogens is 336 g/mol. The Morgan fingerprint density at radius 2 is 1.76 bits per heavy atom. The smallest absolute Gasteiger partial charge is 0.340 e. The maximum Gasteiger partial charge on any atom is 0.340 e. The van der Waals surface area contributed by atoms with Crippen LogP contribution in [0.1, 0.15) is 23.7 Å². The van der Waals surface area contributed by atoms with Crippen molar-refractivity contribution in [1.29, 1.82) is 0 Å². The van der Waals surface area contributed by atoms with Crippen LogP contribution >= 0.6 is 0 Å². The maximum absolute atomic E-state index is 12.6. The lowest BCUT2D eigenvalue weighted by molar-refractivity contribution is 0.464. The van der Waals surface area contributed by atoms with Gasteiger partial charge in [-0.3, -0.25) is 0 Å². The molecule has 6 heteroatoms. The molecule has 0 unspecified atom stereocenters. The number of nitrogens with zero attached hydrogens (tertiary/aromatic N) is 2. The summed E-state index contributed by atoms with van der Waals surface area (Å²) < 4.78 is 32.1.